The Hall–Kier alpha value is -2.56. The van der Waals surface area contributed by atoms with Crippen LogP contribution in [0.25, 0.3) is 0 Å². The number of benzene rings is 1. The molecule has 2 N–H and O–H groups in total. The number of ether oxygens (including phenoxy) is 1. The second kappa shape index (κ2) is 8.51. The van der Waals surface area contributed by atoms with Crippen molar-refractivity contribution in [3.05, 3.63) is 53.7 Å². The molecular formula is C20H25N3O2. The number of aromatic nitrogens is 1. The van der Waals surface area contributed by atoms with Crippen molar-refractivity contribution in [3.8, 4) is 5.75 Å². The number of anilines is 1. The molecule has 2 aromatic rings. The molecule has 3 rings (SSSR count). The molecule has 1 saturated carbocycles. The van der Waals surface area contributed by atoms with Gasteiger partial charge in [0.25, 0.3) is 5.91 Å². The Balaban J connectivity index is 1.47. The fourth-order valence-electron chi connectivity index (χ4n) is 3.14. The third kappa shape index (κ3) is 4.95. The number of methoxy groups -OCH3 is 1. The maximum atomic E-state index is 12.2. The summed E-state index contributed by atoms with van der Waals surface area (Å²) < 4.78 is 5.21. The molecule has 0 radical (unpaired) electrons. The lowest BCUT2D eigenvalue weighted by Gasteiger charge is -2.12. The van der Waals surface area contributed by atoms with E-state index >= 15 is 0 Å². The average molecular weight is 339 g/mol. The summed E-state index contributed by atoms with van der Waals surface area (Å²) in [5, 5.41) is 6.37. The van der Waals surface area contributed by atoms with Crippen LogP contribution in [0.3, 0.4) is 0 Å². The fraction of sp³-hybridized carbons (Fsp3) is 0.400. The van der Waals surface area contributed by atoms with Gasteiger partial charge in [0.15, 0.2) is 0 Å². The maximum absolute atomic E-state index is 12.2. The van der Waals surface area contributed by atoms with E-state index in [-0.39, 0.29) is 5.91 Å². The second-order valence-corrected chi connectivity index (χ2v) is 6.42. The van der Waals surface area contributed by atoms with E-state index < -0.39 is 0 Å². The molecule has 0 spiro atoms. The van der Waals surface area contributed by atoms with Crippen LogP contribution in [0.4, 0.5) is 5.82 Å². The molecule has 1 fully saturated rings. The summed E-state index contributed by atoms with van der Waals surface area (Å²) in [5.41, 5.74) is 1.72. The van der Waals surface area contributed by atoms with E-state index in [1.807, 2.05) is 36.4 Å². The van der Waals surface area contributed by atoms with Crippen molar-refractivity contribution < 1.29 is 9.53 Å². The molecule has 132 valence electrons. The summed E-state index contributed by atoms with van der Waals surface area (Å²) >= 11 is 0. The third-order valence-electron chi connectivity index (χ3n) is 4.57. The molecule has 0 atom stereocenters. The van der Waals surface area contributed by atoms with E-state index in [4.69, 9.17) is 4.74 Å². The molecule has 25 heavy (non-hydrogen) atoms. The Kier molecular flexibility index (Phi) is 5.88. The van der Waals surface area contributed by atoms with E-state index in [0.29, 0.717) is 18.2 Å². The van der Waals surface area contributed by atoms with Gasteiger partial charge in [-0.3, -0.25) is 4.79 Å². The lowest BCUT2D eigenvalue weighted by Crippen LogP contribution is -2.26. The highest BCUT2D eigenvalue weighted by Crippen LogP contribution is 2.21. The standard InChI is InChI=1S/C20H25N3O2/c1-25-18-8-4-5-15(13-18)11-12-21-20(24)16-9-10-19(22-14-16)23-17-6-2-3-7-17/h4-5,8-10,13-14,17H,2-3,6-7,11-12H2,1H3,(H,21,24)(H,22,23). The lowest BCUT2D eigenvalue weighted by atomic mass is 10.1. The Morgan fingerprint density at radius 2 is 2.08 bits per heavy atom. The van der Waals surface area contributed by atoms with Crippen LogP contribution in [-0.2, 0) is 6.42 Å². The Labute approximate surface area is 148 Å². The van der Waals surface area contributed by atoms with E-state index in [0.717, 1.165) is 23.6 Å². The molecule has 0 saturated heterocycles. The number of pyridine rings is 1. The first-order valence-corrected chi connectivity index (χ1v) is 8.88. The number of hydrogen-bond acceptors (Lipinski definition) is 4. The minimum atomic E-state index is -0.0946. The molecule has 1 heterocycles. The van der Waals surface area contributed by atoms with Crippen molar-refractivity contribution >= 4 is 11.7 Å². The molecule has 1 aromatic heterocycles. The number of carbonyl (C=O) groups excluding carboxylic acids is 1. The monoisotopic (exact) mass is 339 g/mol. The first kappa shape index (κ1) is 17.3. The minimum Gasteiger partial charge on any atom is -0.497 e. The largest absolute Gasteiger partial charge is 0.497 e. The Bertz CT molecular complexity index is 694. The third-order valence-corrected chi connectivity index (χ3v) is 4.57. The zero-order chi connectivity index (χ0) is 17.5. The zero-order valence-electron chi connectivity index (χ0n) is 14.6. The van der Waals surface area contributed by atoms with Gasteiger partial charge in [-0.1, -0.05) is 25.0 Å². The van der Waals surface area contributed by atoms with Gasteiger partial charge in [-0.15, -0.1) is 0 Å². The van der Waals surface area contributed by atoms with E-state index in [1.165, 1.54) is 25.7 Å². The summed E-state index contributed by atoms with van der Waals surface area (Å²) in [6.45, 7) is 0.577. The number of hydrogen-bond donors (Lipinski definition) is 2. The van der Waals surface area contributed by atoms with Gasteiger partial charge < -0.3 is 15.4 Å². The summed E-state index contributed by atoms with van der Waals surface area (Å²) in [7, 11) is 1.65. The van der Waals surface area contributed by atoms with Crippen LogP contribution in [0.5, 0.6) is 5.75 Å². The SMILES string of the molecule is COc1cccc(CCNC(=O)c2ccc(NC3CCCC3)nc2)c1. The zero-order valence-corrected chi connectivity index (χ0v) is 14.6. The first-order valence-electron chi connectivity index (χ1n) is 8.88. The maximum Gasteiger partial charge on any atom is 0.252 e. The van der Waals surface area contributed by atoms with Crippen molar-refractivity contribution in [2.75, 3.05) is 19.0 Å². The molecule has 5 heteroatoms. The average Bonchev–Trinajstić information content (AvgIpc) is 3.15. The highest BCUT2D eigenvalue weighted by Gasteiger charge is 2.15. The van der Waals surface area contributed by atoms with Gasteiger partial charge in [-0.2, -0.15) is 0 Å². The summed E-state index contributed by atoms with van der Waals surface area (Å²) in [5.74, 6) is 1.58. The van der Waals surface area contributed by atoms with Gasteiger partial charge in [0.1, 0.15) is 11.6 Å². The molecule has 1 aromatic carbocycles. The van der Waals surface area contributed by atoms with Gasteiger partial charge in [0.2, 0.25) is 0 Å². The van der Waals surface area contributed by atoms with Gasteiger partial charge in [-0.25, -0.2) is 4.98 Å². The molecule has 5 nitrogen and oxygen atoms in total. The van der Waals surface area contributed by atoms with Crippen molar-refractivity contribution in [1.29, 1.82) is 0 Å². The Morgan fingerprint density at radius 3 is 2.80 bits per heavy atom. The quantitative estimate of drug-likeness (QED) is 0.811. The predicted molar refractivity (Wildman–Crippen MR) is 99.1 cm³/mol. The van der Waals surface area contributed by atoms with Gasteiger partial charge in [0.05, 0.1) is 12.7 Å². The Morgan fingerprint density at radius 1 is 1.24 bits per heavy atom. The second-order valence-electron chi connectivity index (χ2n) is 6.42. The highest BCUT2D eigenvalue weighted by atomic mass is 16.5. The van der Waals surface area contributed by atoms with Crippen LogP contribution in [0.2, 0.25) is 0 Å². The van der Waals surface area contributed by atoms with E-state index in [9.17, 15) is 4.79 Å². The number of rotatable bonds is 7. The number of amides is 1. The van der Waals surface area contributed by atoms with Crippen molar-refractivity contribution in [2.24, 2.45) is 0 Å². The van der Waals surface area contributed by atoms with Gasteiger partial charge in [-0.05, 0) is 49.1 Å². The van der Waals surface area contributed by atoms with Crippen molar-refractivity contribution in [3.63, 3.8) is 0 Å². The molecule has 1 aliphatic carbocycles. The topological polar surface area (TPSA) is 63.2 Å². The van der Waals surface area contributed by atoms with Gasteiger partial charge in [0, 0.05) is 18.8 Å². The number of nitrogens with one attached hydrogen (secondary N) is 2. The van der Waals surface area contributed by atoms with Crippen LogP contribution in [-0.4, -0.2) is 30.6 Å². The molecule has 1 amide bonds. The van der Waals surface area contributed by atoms with Crippen LogP contribution in [0.1, 0.15) is 41.6 Å². The lowest BCUT2D eigenvalue weighted by molar-refractivity contribution is 0.0954. The number of carbonyl (C=O) groups is 1. The summed E-state index contributed by atoms with van der Waals surface area (Å²) in [6.07, 6.45) is 7.37. The summed E-state index contributed by atoms with van der Waals surface area (Å²) in [4.78, 5) is 16.6. The molecular weight excluding hydrogens is 314 g/mol. The van der Waals surface area contributed by atoms with Crippen LogP contribution in [0.15, 0.2) is 42.6 Å². The van der Waals surface area contributed by atoms with Crippen molar-refractivity contribution in [2.45, 2.75) is 38.1 Å². The predicted octanol–water partition coefficient (Wildman–Crippen LogP) is 3.42. The van der Waals surface area contributed by atoms with E-state index in [2.05, 4.69) is 15.6 Å². The first-order chi connectivity index (χ1) is 12.2. The normalized spacial score (nSPS) is 14.3. The highest BCUT2D eigenvalue weighted by molar-refractivity contribution is 5.94. The van der Waals surface area contributed by atoms with Gasteiger partial charge >= 0.3 is 0 Å². The molecule has 0 aliphatic heterocycles. The smallest absolute Gasteiger partial charge is 0.252 e. The van der Waals surface area contributed by atoms with E-state index in [1.54, 1.807) is 13.3 Å². The minimum absolute atomic E-state index is 0.0946. The fourth-order valence-corrected chi connectivity index (χ4v) is 3.14. The van der Waals surface area contributed by atoms with Crippen LogP contribution >= 0.6 is 0 Å². The van der Waals surface area contributed by atoms with Crippen LogP contribution < -0.4 is 15.4 Å². The molecule has 0 unspecified atom stereocenters. The van der Waals surface area contributed by atoms with Crippen LogP contribution in [0, 0.1) is 0 Å². The number of nitrogens with zero attached hydrogens (tertiary/aromatic N) is 1. The summed E-state index contributed by atoms with van der Waals surface area (Å²) in [6, 6.07) is 12.1. The molecule has 1 aliphatic rings. The van der Waals surface area contributed by atoms with Crippen molar-refractivity contribution in [1.82, 2.24) is 10.3 Å². The molecule has 0 bridgehead atoms.